The Labute approximate surface area is 193 Å². The molecule has 0 radical (unpaired) electrons. The van der Waals surface area contributed by atoms with E-state index in [4.69, 9.17) is 23.7 Å². The van der Waals surface area contributed by atoms with Crippen LogP contribution in [0.5, 0.6) is 28.7 Å². The largest absolute Gasteiger partial charge is 0.496 e. The summed E-state index contributed by atoms with van der Waals surface area (Å²) in [6, 6.07) is 19.3. The van der Waals surface area contributed by atoms with E-state index >= 15 is 0 Å². The molecule has 6 nitrogen and oxygen atoms in total. The summed E-state index contributed by atoms with van der Waals surface area (Å²) in [4.78, 5) is 2.58. The van der Waals surface area contributed by atoms with Crippen LogP contribution in [-0.2, 0) is 12.8 Å². The minimum Gasteiger partial charge on any atom is -0.496 e. The van der Waals surface area contributed by atoms with Crippen LogP contribution in [0.15, 0.2) is 54.6 Å². The normalized spacial score (nSPS) is 19.3. The van der Waals surface area contributed by atoms with Crippen LogP contribution < -0.4 is 23.7 Å². The molecule has 3 aliphatic heterocycles. The topological polar surface area (TPSA) is 49.4 Å². The van der Waals surface area contributed by atoms with E-state index in [0.717, 1.165) is 53.7 Å². The zero-order chi connectivity index (χ0) is 22.4. The van der Waals surface area contributed by atoms with Crippen LogP contribution >= 0.6 is 0 Å². The number of fused-ring (bicyclic) bond motifs is 3. The van der Waals surface area contributed by atoms with Gasteiger partial charge in [0.15, 0.2) is 23.0 Å². The Bertz CT molecular complexity index is 1180. The van der Waals surface area contributed by atoms with E-state index in [2.05, 4.69) is 54.3 Å². The highest BCUT2D eigenvalue weighted by Crippen LogP contribution is 2.48. The van der Waals surface area contributed by atoms with Gasteiger partial charge < -0.3 is 23.7 Å². The second-order valence-corrected chi connectivity index (χ2v) is 8.68. The van der Waals surface area contributed by atoms with Crippen LogP contribution in [0.1, 0.15) is 41.3 Å². The third-order valence-electron chi connectivity index (χ3n) is 7.03. The van der Waals surface area contributed by atoms with Gasteiger partial charge in [-0.05, 0) is 60.7 Å². The lowest BCUT2D eigenvalue weighted by molar-refractivity contribution is 0.129. The zero-order valence-electron chi connectivity index (χ0n) is 18.9. The molecule has 3 aliphatic rings. The Hall–Kier alpha value is -3.38. The van der Waals surface area contributed by atoms with Crippen molar-refractivity contribution in [2.45, 2.75) is 31.8 Å². The minimum atomic E-state index is 0.114. The van der Waals surface area contributed by atoms with Gasteiger partial charge in [0.2, 0.25) is 13.6 Å². The van der Waals surface area contributed by atoms with Crippen molar-refractivity contribution in [3.05, 3.63) is 76.9 Å². The van der Waals surface area contributed by atoms with Gasteiger partial charge in [0.25, 0.3) is 0 Å². The maximum atomic E-state index is 5.89. The molecule has 2 atom stereocenters. The molecule has 170 valence electrons. The number of nitrogens with zero attached hydrogens (tertiary/aromatic N) is 1. The fourth-order valence-corrected chi connectivity index (χ4v) is 5.31. The number of methoxy groups -OCH3 is 1. The van der Waals surface area contributed by atoms with Crippen LogP contribution in [-0.4, -0.2) is 32.1 Å². The molecule has 6 rings (SSSR count). The number of benzene rings is 3. The molecule has 0 N–H and O–H groups in total. The monoisotopic (exact) mass is 445 g/mol. The molecule has 3 aromatic carbocycles. The molecule has 0 bridgehead atoms. The summed E-state index contributed by atoms with van der Waals surface area (Å²) in [7, 11) is 1.71. The number of hydrogen-bond acceptors (Lipinski definition) is 6. The Balaban J connectivity index is 1.45. The third-order valence-corrected chi connectivity index (χ3v) is 7.03. The molecule has 0 spiro atoms. The highest BCUT2D eigenvalue weighted by atomic mass is 16.7. The summed E-state index contributed by atoms with van der Waals surface area (Å²) >= 11 is 0. The molecular weight excluding hydrogens is 418 g/mol. The summed E-state index contributed by atoms with van der Waals surface area (Å²) < 4.78 is 28.7. The van der Waals surface area contributed by atoms with Crippen molar-refractivity contribution < 1.29 is 23.7 Å². The van der Waals surface area contributed by atoms with E-state index in [1.54, 1.807) is 7.11 Å². The SMILES string of the molecule is COc1ccc2c(c1C[C@@H]1c3cc4c(cc3CCN1[C@@H](C)c1ccccc1)OCO4)OCO2. The lowest BCUT2D eigenvalue weighted by Gasteiger charge is -2.41. The van der Waals surface area contributed by atoms with E-state index in [0.29, 0.717) is 0 Å². The smallest absolute Gasteiger partial charge is 0.231 e. The van der Waals surface area contributed by atoms with Gasteiger partial charge in [-0.2, -0.15) is 0 Å². The average molecular weight is 446 g/mol. The molecule has 3 aromatic rings. The minimum absolute atomic E-state index is 0.114. The van der Waals surface area contributed by atoms with Gasteiger partial charge in [-0.1, -0.05) is 30.3 Å². The summed E-state index contributed by atoms with van der Waals surface area (Å²) in [5, 5.41) is 0. The van der Waals surface area contributed by atoms with Gasteiger partial charge in [-0.15, -0.1) is 0 Å². The van der Waals surface area contributed by atoms with E-state index < -0.39 is 0 Å². The molecule has 0 aromatic heterocycles. The molecule has 0 fully saturated rings. The molecule has 3 heterocycles. The number of hydrogen-bond donors (Lipinski definition) is 0. The van der Waals surface area contributed by atoms with Gasteiger partial charge in [-0.25, -0.2) is 0 Å². The van der Waals surface area contributed by atoms with E-state index in [9.17, 15) is 0 Å². The maximum Gasteiger partial charge on any atom is 0.231 e. The number of ether oxygens (including phenoxy) is 5. The lowest BCUT2D eigenvalue weighted by atomic mass is 9.86. The van der Waals surface area contributed by atoms with Crippen LogP contribution in [0.25, 0.3) is 0 Å². The highest BCUT2D eigenvalue weighted by molar-refractivity contribution is 5.57. The van der Waals surface area contributed by atoms with Crippen LogP contribution in [0.4, 0.5) is 0 Å². The molecule has 0 saturated carbocycles. The van der Waals surface area contributed by atoms with Crippen molar-refractivity contribution in [2.24, 2.45) is 0 Å². The summed E-state index contributed by atoms with van der Waals surface area (Å²) in [6.45, 7) is 3.74. The molecule has 0 amide bonds. The third kappa shape index (κ3) is 3.45. The highest BCUT2D eigenvalue weighted by Gasteiger charge is 2.35. The quantitative estimate of drug-likeness (QED) is 0.548. The Morgan fingerprint density at radius 3 is 2.52 bits per heavy atom. The van der Waals surface area contributed by atoms with E-state index in [-0.39, 0.29) is 25.7 Å². The number of rotatable bonds is 5. The Morgan fingerprint density at radius 1 is 0.939 bits per heavy atom. The predicted octanol–water partition coefficient (Wildman–Crippen LogP) is 5.06. The molecular formula is C27H27NO5. The van der Waals surface area contributed by atoms with Gasteiger partial charge in [0.1, 0.15) is 5.75 Å². The molecule has 33 heavy (non-hydrogen) atoms. The second kappa shape index (κ2) is 8.19. The average Bonchev–Trinajstić information content (AvgIpc) is 3.52. The first-order valence-electron chi connectivity index (χ1n) is 11.4. The van der Waals surface area contributed by atoms with Crippen molar-refractivity contribution in [1.29, 1.82) is 0 Å². The van der Waals surface area contributed by atoms with E-state index in [1.165, 1.54) is 16.7 Å². The fraction of sp³-hybridized carbons (Fsp3) is 0.333. The molecule has 0 saturated heterocycles. The van der Waals surface area contributed by atoms with Crippen LogP contribution in [0, 0.1) is 0 Å². The fourth-order valence-electron chi connectivity index (χ4n) is 5.31. The van der Waals surface area contributed by atoms with Crippen molar-refractivity contribution in [2.75, 3.05) is 27.2 Å². The predicted molar refractivity (Wildman–Crippen MR) is 123 cm³/mol. The first-order valence-corrected chi connectivity index (χ1v) is 11.4. The zero-order valence-corrected chi connectivity index (χ0v) is 18.9. The summed E-state index contributed by atoms with van der Waals surface area (Å²) in [5.41, 5.74) is 4.92. The van der Waals surface area contributed by atoms with Gasteiger partial charge >= 0.3 is 0 Å². The standard InChI is InChI=1S/C27H27NO5/c1-17(18-6-4-3-5-7-18)28-11-10-19-12-25-26(32-15-31-25)14-20(19)22(28)13-21-23(29-2)8-9-24-27(21)33-16-30-24/h3-9,12,14,17,22H,10-11,13,15-16H2,1-2H3/t17-,22+/m0/s1. The summed E-state index contributed by atoms with van der Waals surface area (Å²) in [6.07, 6.45) is 1.70. The van der Waals surface area contributed by atoms with E-state index in [1.807, 2.05) is 12.1 Å². The Morgan fingerprint density at radius 2 is 1.70 bits per heavy atom. The van der Waals surface area contributed by atoms with Crippen LogP contribution in [0.2, 0.25) is 0 Å². The summed E-state index contributed by atoms with van der Waals surface area (Å²) in [5.74, 6) is 4.04. The lowest BCUT2D eigenvalue weighted by Crippen LogP contribution is -2.38. The van der Waals surface area contributed by atoms with Gasteiger partial charge in [0, 0.05) is 24.2 Å². The molecule has 0 unspecified atom stereocenters. The van der Waals surface area contributed by atoms with Crippen molar-refractivity contribution >= 4 is 0 Å². The molecule has 6 heteroatoms. The molecule has 0 aliphatic carbocycles. The van der Waals surface area contributed by atoms with Gasteiger partial charge in [-0.3, -0.25) is 4.90 Å². The van der Waals surface area contributed by atoms with Crippen molar-refractivity contribution in [3.63, 3.8) is 0 Å². The second-order valence-electron chi connectivity index (χ2n) is 8.68. The first kappa shape index (κ1) is 20.2. The Kier molecular flexibility index (Phi) is 5.03. The van der Waals surface area contributed by atoms with Crippen molar-refractivity contribution in [1.82, 2.24) is 4.90 Å². The first-order chi connectivity index (χ1) is 16.2. The van der Waals surface area contributed by atoms with Gasteiger partial charge in [0.05, 0.1) is 7.11 Å². The maximum absolute atomic E-state index is 5.89. The van der Waals surface area contributed by atoms with Crippen LogP contribution in [0.3, 0.4) is 0 Å². The van der Waals surface area contributed by atoms with Crippen molar-refractivity contribution in [3.8, 4) is 28.7 Å².